The van der Waals surface area contributed by atoms with E-state index in [1.165, 1.54) is 57.8 Å². The zero-order chi connectivity index (χ0) is 56.4. The molecule has 78 heavy (non-hydrogen) atoms. The third-order valence-corrected chi connectivity index (χ3v) is 12.5. The predicted molar refractivity (Wildman–Crippen MR) is 338 cm³/mol. The largest absolute Gasteiger partial charge is 0.462 e. The molecule has 0 saturated carbocycles. The number of hydrogen-bond donors (Lipinski definition) is 0. The maximum atomic E-state index is 12.8. The number of hydrogen-bond acceptors (Lipinski definition) is 6. The van der Waals surface area contributed by atoms with E-state index in [0.717, 1.165) is 141 Å². The van der Waals surface area contributed by atoms with E-state index in [2.05, 4.69) is 179 Å². The minimum atomic E-state index is -0.850. The van der Waals surface area contributed by atoms with Crippen LogP contribution in [0.3, 0.4) is 0 Å². The lowest BCUT2D eigenvalue weighted by Gasteiger charge is -2.18. The first-order valence-corrected chi connectivity index (χ1v) is 31.1. The molecule has 6 nitrogen and oxygen atoms in total. The average Bonchev–Trinajstić information content (AvgIpc) is 3.44. The fraction of sp³-hybridized carbons (Fsp3) is 0.569. The van der Waals surface area contributed by atoms with Crippen molar-refractivity contribution in [1.29, 1.82) is 0 Å². The molecule has 0 aliphatic heterocycles. The summed E-state index contributed by atoms with van der Waals surface area (Å²) in [5.41, 5.74) is 0. The van der Waals surface area contributed by atoms with Crippen molar-refractivity contribution in [3.8, 4) is 0 Å². The molecule has 436 valence electrons. The highest BCUT2D eigenvalue weighted by molar-refractivity contribution is 5.72. The van der Waals surface area contributed by atoms with Crippen molar-refractivity contribution < 1.29 is 28.6 Å². The van der Waals surface area contributed by atoms with Crippen molar-refractivity contribution in [3.63, 3.8) is 0 Å². The van der Waals surface area contributed by atoms with Crippen LogP contribution in [0.2, 0.25) is 0 Å². The van der Waals surface area contributed by atoms with Gasteiger partial charge in [-0.1, -0.05) is 268 Å². The van der Waals surface area contributed by atoms with Gasteiger partial charge in [-0.25, -0.2) is 0 Å². The average molecular weight is 1070 g/mol. The predicted octanol–water partition coefficient (Wildman–Crippen LogP) is 21.5. The Balaban J connectivity index is 4.39. The second-order valence-corrected chi connectivity index (χ2v) is 19.9. The number of ether oxygens (including phenoxy) is 3. The van der Waals surface area contributed by atoms with Crippen LogP contribution in [0.25, 0.3) is 0 Å². The first-order chi connectivity index (χ1) is 38.5. The van der Waals surface area contributed by atoms with E-state index in [9.17, 15) is 14.4 Å². The van der Waals surface area contributed by atoms with Crippen molar-refractivity contribution in [2.45, 2.75) is 252 Å². The SMILES string of the molecule is CC/C=C\C/C=C\C/C=C\C/C=C\C/C=C\C/C=C\C/C=C\CCCCCCCCCCCC(=O)OCC(COC(=O)CCCCCCC/C=C\C/C=C\CCCC)OC(=O)C/C=C\C/C=C\C/C=C\C/C=C\C/C=C\CC. The summed E-state index contributed by atoms with van der Waals surface area (Å²) in [6.07, 6.45) is 95.3. The van der Waals surface area contributed by atoms with Gasteiger partial charge >= 0.3 is 17.9 Å². The van der Waals surface area contributed by atoms with Crippen LogP contribution in [0.15, 0.2) is 170 Å². The summed E-state index contributed by atoms with van der Waals surface area (Å²) in [5, 5.41) is 0. The molecule has 0 radical (unpaired) electrons. The second kappa shape index (κ2) is 64.3. The molecule has 0 saturated heterocycles. The summed E-state index contributed by atoms with van der Waals surface area (Å²) in [4.78, 5) is 38.2. The molecule has 0 aromatic rings. The minimum absolute atomic E-state index is 0.0848. The maximum Gasteiger partial charge on any atom is 0.310 e. The van der Waals surface area contributed by atoms with Crippen molar-refractivity contribution in [3.05, 3.63) is 170 Å². The molecule has 0 aromatic heterocycles. The Morgan fingerprint density at radius 2 is 0.538 bits per heavy atom. The Hall–Kier alpha value is -5.23. The molecule has 0 heterocycles. The van der Waals surface area contributed by atoms with E-state index in [0.29, 0.717) is 19.3 Å². The van der Waals surface area contributed by atoms with Crippen molar-refractivity contribution in [1.82, 2.24) is 0 Å². The monoisotopic (exact) mass is 1070 g/mol. The number of allylic oxidation sites excluding steroid dienone is 27. The summed E-state index contributed by atoms with van der Waals surface area (Å²) < 4.78 is 16.8. The van der Waals surface area contributed by atoms with Gasteiger partial charge < -0.3 is 14.2 Å². The summed E-state index contributed by atoms with van der Waals surface area (Å²) in [6.45, 7) is 6.26. The van der Waals surface area contributed by atoms with Crippen LogP contribution in [0.1, 0.15) is 245 Å². The van der Waals surface area contributed by atoms with Crippen LogP contribution in [-0.4, -0.2) is 37.2 Å². The molecule has 0 rings (SSSR count). The summed E-state index contributed by atoms with van der Waals surface area (Å²) in [6, 6.07) is 0. The zero-order valence-corrected chi connectivity index (χ0v) is 49.9. The minimum Gasteiger partial charge on any atom is -0.462 e. The molecule has 6 heteroatoms. The number of carbonyl (C=O) groups excluding carboxylic acids is 3. The fourth-order valence-electron chi connectivity index (χ4n) is 7.87. The quantitative estimate of drug-likeness (QED) is 0.0261. The Morgan fingerprint density at radius 1 is 0.282 bits per heavy atom. The summed E-state index contributed by atoms with van der Waals surface area (Å²) in [7, 11) is 0. The first kappa shape index (κ1) is 72.8. The third-order valence-electron chi connectivity index (χ3n) is 12.5. The highest BCUT2D eigenvalue weighted by Gasteiger charge is 2.19. The van der Waals surface area contributed by atoms with E-state index in [1.807, 2.05) is 6.08 Å². The van der Waals surface area contributed by atoms with Gasteiger partial charge in [0.25, 0.3) is 0 Å². The van der Waals surface area contributed by atoms with Crippen LogP contribution in [-0.2, 0) is 28.6 Å². The molecule has 1 atom stereocenters. The van der Waals surface area contributed by atoms with Gasteiger partial charge in [0.2, 0.25) is 0 Å². The topological polar surface area (TPSA) is 78.9 Å². The standard InChI is InChI=1S/C72H112O6/c1-4-7-10-13-16-19-22-25-28-29-30-31-32-33-34-35-36-37-38-39-40-41-42-43-45-47-50-53-56-59-62-65-71(74)77-68-69(67-76-70(73)64-61-58-55-52-49-46-27-24-21-18-15-12-9-6-3)78-72(75)66-63-60-57-54-51-48-44-26-23-20-17-14-11-8-5-2/h7-8,10-11,15-20,24-28,30-31,33-34,36-37,39-40,44,51,54,60,63,69H,4-6,9,12-14,21-23,29,32,35,38,41-43,45-50,52-53,55-59,61-62,64-68H2,1-3H3/b10-7-,11-8-,18-15-,19-16-,20-17-,27-24-,28-25-,31-30-,34-33-,37-36-,40-39-,44-26-,54-51-,63-60-. The molecule has 0 amide bonds. The van der Waals surface area contributed by atoms with Crippen LogP contribution >= 0.6 is 0 Å². The van der Waals surface area contributed by atoms with Gasteiger partial charge in [0, 0.05) is 12.8 Å². The molecule has 1 unspecified atom stereocenters. The lowest BCUT2D eigenvalue weighted by atomic mass is 10.1. The van der Waals surface area contributed by atoms with Crippen molar-refractivity contribution >= 4 is 17.9 Å². The lowest BCUT2D eigenvalue weighted by Crippen LogP contribution is -2.30. The Bertz CT molecular complexity index is 1810. The molecule has 0 N–H and O–H groups in total. The highest BCUT2D eigenvalue weighted by Crippen LogP contribution is 2.14. The number of esters is 3. The Kier molecular flexibility index (Phi) is 60.0. The maximum absolute atomic E-state index is 12.8. The molecule has 0 spiro atoms. The number of unbranched alkanes of at least 4 members (excludes halogenated alkanes) is 16. The van der Waals surface area contributed by atoms with Gasteiger partial charge in [-0.15, -0.1) is 0 Å². The molecule has 0 aliphatic rings. The van der Waals surface area contributed by atoms with Crippen LogP contribution in [0.4, 0.5) is 0 Å². The molecule has 0 aromatic carbocycles. The summed E-state index contributed by atoms with van der Waals surface area (Å²) >= 11 is 0. The number of rotatable bonds is 54. The molecular formula is C72H112O6. The van der Waals surface area contributed by atoms with E-state index < -0.39 is 12.1 Å². The second-order valence-electron chi connectivity index (χ2n) is 19.9. The van der Waals surface area contributed by atoms with Gasteiger partial charge in [0.15, 0.2) is 6.10 Å². The van der Waals surface area contributed by atoms with Gasteiger partial charge in [-0.3, -0.25) is 14.4 Å². The third kappa shape index (κ3) is 61.6. The molecule has 0 bridgehead atoms. The van der Waals surface area contributed by atoms with Gasteiger partial charge in [0.1, 0.15) is 13.2 Å². The Morgan fingerprint density at radius 3 is 0.846 bits per heavy atom. The van der Waals surface area contributed by atoms with E-state index >= 15 is 0 Å². The molecular weight excluding hydrogens is 961 g/mol. The first-order valence-electron chi connectivity index (χ1n) is 31.1. The van der Waals surface area contributed by atoms with Crippen molar-refractivity contribution in [2.24, 2.45) is 0 Å². The highest BCUT2D eigenvalue weighted by atomic mass is 16.6. The van der Waals surface area contributed by atoms with Gasteiger partial charge in [-0.05, 0) is 128 Å². The zero-order valence-electron chi connectivity index (χ0n) is 49.9. The fourth-order valence-corrected chi connectivity index (χ4v) is 7.87. The smallest absolute Gasteiger partial charge is 0.310 e. The van der Waals surface area contributed by atoms with Crippen LogP contribution in [0, 0.1) is 0 Å². The summed E-state index contributed by atoms with van der Waals surface area (Å²) in [5.74, 6) is -1.09. The lowest BCUT2D eigenvalue weighted by molar-refractivity contribution is -0.166. The number of carbonyl (C=O) groups is 3. The normalized spacial score (nSPS) is 13.3. The Labute approximate surface area is 479 Å². The molecule has 0 aliphatic carbocycles. The van der Waals surface area contributed by atoms with E-state index in [-0.39, 0.29) is 31.6 Å². The van der Waals surface area contributed by atoms with Gasteiger partial charge in [-0.2, -0.15) is 0 Å². The van der Waals surface area contributed by atoms with Crippen LogP contribution < -0.4 is 0 Å². The van der Waals surface area contributed by atoms with Gasteiger partial charge in [0.05, 0.1) is 6.42 Å². The molecule has 0 fully saturated rings. The van der Waals surface area contributed by atoms with E-state index in [4.69, 9.17) is 14.2 Å². The van der Waals surface area contributed by atoms with Crippen LogP contribution in [0.5, 0.6) is 0 Å². The van der Waals surface area contributed by atoms with Crippen molar-refractivity contribution in [2.75, 3.05) is 13.2 Å². The van der Waals surface area contributed by atoms with E-state index in [1.54, 1.807) is 6.08 Å².